The zero-order valence-corrected chi connectivity index (χ0v) is 17.3. The summed E-state index contributed by atoms with van der Waals surface area (Å²) >= 11 is 1.91. The van der Waals surface area contributed by atoms with Crippen molar-refractivity contribution >= 4 is 41.7 Å². The molecule has 0 aromatic heterocycles. The van der Waals surface area contributed by atoms with E-state index < -0.39 is 12.4 Å². The van der Waals surface area contributed by atoms with Gasteiger partial charge in [0.15, 0.2) is 5.96 Å². The van der Waals surface area contributed by atoms with Crippen molar-refractivity contribution in [2.45, 2.75) is 37.7 Å². The monoisotopic (exact) mass is 489 g/mol. The molecule has 4 nitrogen and oxygen atoms in total. The zero-order valence-electron chi connectivity index (χ0n) is 14.2. The predicted octanol–water partition coefficient (Wildman–Crippen LogP) is 4.00. The molecule has 2 N–H and O–H groups in total. The Labute approximate surface area is 167 Å². The molecule has 25 heavy (non-hydrogen) atoms. The lowest BCUT2D eigenvalue weighted by Crippen LogP contribution is -2.43. The molecule has 1 aromatic carbocycles. The largest absolute Gasteiger partial charge is 0.434 e. The molecule has 2 rings (SSSR count). The first-order valence-corrected chi connectivity index (χ1v) is 8.73. The minimum Gasteiger partial charge on any atom is -0.434 e. The van der Waals surface area contributed by atoms with E-state index in [4.69, 9.17) is 0 Å². The highest BCUT2D eigenvalue weighted by molar-refractivity contribution is 14.0. The van der Waals surface area contributed by atoms with E-state index in [1.807, 2.05) is 11.8 Å². The van der Waals surface area contributed by atoms with Crippen molar-refractivity contribution in [3.8, 4) is 5.75 Å². The molecule has 9 heteroatoms. The van der Waals surface area contributed by atoms with Crippen LogP contribution in [0.15, 0.2) is 23.2 Å². The Morgan fingerprint density at radius 3 is 2.76 bits per heavy atom. The summed E-state index contributed by atoms with van der Waals surface area (Å²) in [5, 5.41) is 6.15. The molecule has 1 atom stereocenters. The fourth-order valence-electron chi connectivity index (χ4n) is 2.56. The summed E-state index contributed by atoms with van der Waals surface area (Å²) in [7, 11) is 1.61. The molecule has 1 aromatic rings. The number of hydrogen-bond donors (Lipinski definition) is 2. The molecule has 0 radical (unpaired) electrons. The third kappa shape index (κ3) is 6.76. The number of nitrogens with zero attached hydrogens (tertiary/aromatic N) is 1. The molecular formula is C16H23F3IN3OS. The van der Waals surface area contributed by atoms with Gasteiger partial charge in [-0.1, -0.05) is 6.07 Å². The van der Waals surface area contributed by atoms with Gasteiger partial charge in [0.25, 0.3) is 0 Å². The number of hydrogen-bond acceptors (Lipinski definition) is 3. The van der Waals surface area contributed by atoms with Gasteiger partial charge in [-0.05, 0) is 37.7 Å². The van der Waals surface area contributed by atoms with Crippen LogP contribution in [0.3, 0.4) is 0 Å². The highest BCUT2D eigenvalue weighted by Gasteiger charge is 2.29. The van der Waals surface area contributed by atoms with Gasteiger partial charge in [-0.3, -0.25) is 4.99 Å². The summed E-state index contributed by atoms with van der Waals surface area (Å²) in [6, 6.07) is 3.86. The number of rotatable bonds is 6. The average Bonchev–Trinajstić information content (AvgIpc) is 2.96. The van der Waals surface area contributed by atoms with Crippen LogP contribution in [0, 0.1) is 5.82 Å². The molecule has 1 aliphatic heterocycles. The van der Waals surface area contributed by atoms with E-state index in [0.717, 1.165) is 18.7 Å². The summed E-state index contributed by atoms with van der Waals surface area (Å²) in [5.74, 6) is 0.865. The number of benzene rings is 1. The van der Waals surface area contributed by atoms with Gasteiger partial charge >= 0.3 is 6.61 Å². The summed E-state index contributed by atoms with van der Waals surface area (Å²) in [6.45, 7) is -0.0776. The van der Waals surface area contributed by atoms with Crippen LogP contribution in [-0.4, -0.2) is 36.7 Å². The van der Waals surface area contributed by atoms with Crippen LogP contribution in [0.2, 0.25) is 0 Å². The van der Waals surface area contributed by atoms with Crippen molar-refractivity contribution in [2.24, 2.45) is 4.99 Å². The first-order valence-electron chi connectivity index (χ1n) is 7.74. The van der Waals surface area contributed by atoms with Gasteiger partial charge in [0.05, 0.1) is 0 Å². The van der Waals surface area contributed by atoms with Crippen LogP contribution in [0.25, 0.3) is 0 Å². The third-order valence-corrected chi connectivity index (χ3v) is 5.42. The minimum atomic E-state index is -3.00. The van der Waals surface area contributed by atoms with Gasteiger partial charge in [-0.2, -0.15) is 20.5 Å². The maximum atomic E-state index is 13.9. The number of halogens is 4. The molecule has 1 unspecified atom stereocenters. The fraction of sp³-hybridized carbons (Fsp3) is 0.562. The standard InChI is InChI=1S/C16H22F3N3OS.HI/c1-16(7-4-8-24-16)10-22-15(20-2)21-9-11-12(17)5-3-6-13(11)23-14(18)19;/h3,5-6,14H,4,7-10H2,1-2H3,(H2,20,21,22);1H. The molecule has 142 valence electrons. The van der Waals surface area contributed by atoms with E-state index in [1.165, 1.54) is 24.6 Å². The van der Waals surface area contributed by atoms with Crippen LogP contribution in [0.5, 0.6) is 5.75 Å². The van der Waals surface area contributed by atoms with Gasteiger partial charge in [0, 0.05) is 30.4 Å². The van der Waals surface area contributed by atoms with E-state index in [1.54, 1.807) is 7.05 Å². The third-order valence-electron chi connectivity index (χ3n) is 3.88. The van der Waals surface area contributed by atoms with Crippen LogP contribution in [-0.2, 0) is 6.54 Å². The highest BCUT2D eigenvalue weighted by Crippen LogP contribution is 2.36. The van der Waals surface area contributed by atoms with E-state index in [0.29, 0.717) is 5.96 Å². The van der Waals surface area contributed by atoms with Gasteiger partial charge in [0.2, 0.25) is 0 Å². The average molecular weight is 489 g/mol. The normalized spacial score (nSPS) is 20.3. The highest BCUT2D eigenvalue weighted by atomic mass is 127. The predicted molar refractivity (Wildman–Crippen MR) is 107 cm³/mol. The lowest BCUT2D eigenvalue weighted by molar-refractivity contribution is -0.0506. The van der Waals surface area contributed by atoms with E-state index >= 15 is 0 Å². The van der Waals surface area contributed by atoms with Crippen molar-refractivity contribution in [3.05, 3.63) is 29.6 Å². The number of thioether (sulfide) groups is 1. The van der Waals surface area contributed by atoms with Gasteiger partial charge in [-0.25, -0.2) is 4.39 Å². The van der Waals surface area contributed by atoms with Crippen molar-refractivity contribution in [1.82, 2.24) is 10.6 Å². The molecule has 1 fully saturated rings. The molecule has 1 heterocycles. The topological polar surface area (TPSA) is 45.7 Å². The maximum absolute atomic E-state index is 13.9. The molecule has 1 aliphatic rings. The number of alkyl halides is 2. The summed E-state index contributed by atoms with van der Waals surface area (Å²) < 4.78 is 43.3. The first-order chi connectivity index (χ1) is 11.4. The van der Waals surface area contributed by atoms with Crippen LogP contribution in [0.1, 0.15) is 25.3 Å². The second kappa shape index (κ2) is 10.3. The lowest BCUT2D eigenvalue weighted by atomic mass is 10.1. The Balaban J connectivity index is 0.00000312. The molecule has 0 amide bonds. The smallest absolute Gasteiger partial charge is 0.387 e. The van der Waals surface area contributed by atoms with Crippen LogP contribution >= 0.6 is 35.7 Å². The van der Waals surface area contributed by atoms with Crippen LogP contribution < -0.4 is 15.4 Å². The Morgan fingerprint density at radius 2 is 2.16 bits per heavy atom. The Bertz CT molecular complexity index is 584. The molecule has 0 aliphatic carbocycles. The summed E-state index contributed by atoms with van der Waals surface area (Å²) in [5.41, 5.74) is 0.0437. The number of nitrogens with one attached hydrogen (secondary N) is 2. The second-order valence-corrected chi connectivity index (χ2v) is 7.46. The molecule has 0 bridgehead atoms. The quantitative estimate of drug-likeness (QED) is 0.361. The van der Waals surface area contributed by atoms with Crippen molar-refractivity contribution in [2.75, 3.05) is 19.3 Å². The Hall–Kier alpha value is -0.840. The Kier molecular flexibility index (Phi) is 9.19. The van der Waals surface area contributed by atoms with E-state index in [9.17, 15) is 13.2 Å². The molecule has 0 saturated carbocycles. The first kappa shape index (κ1) is 22.2. The van der Waals surface area contributed by atoms with Crippen LogP contribution in [0.4, 0.5) is 13.2 Å². The SMILES string of the molecule is CN=C(NCc1c(F)cccc1OC(F)F)NCC1(C)CCCS1.I. The molecule has 1 saturated heterocycles. The van der Waals surface area contributed by atoms with Gasteiger partial charge < -0.3 is 15.4 Å². The zero-order chi connectivity index (χ0) is 17.6. The fourth-order valence-corrected chi connectivity index (χ4v) is 3.80. The molecule has 0 spiro atoms. The minimum absolute atomic E-state index is 0. The Morgan fingerprint density at radius 1 is 1.40 bits per heavy atom. The van der Waals surface area contributed by atoms with Crippen molar-refractivity contribution < 1.29 is 17.9 Å². The van der Waals surface area contributed by atoms with Gasteiger partial charge in [-0.15, -0.1) is 24.0 Å². The lowest BCUT2D eigenvalue weighted by Gasteiger charge is -2.24. The summed E-state index contributed by atoms with van der Waals surface area (Å²) in [6.07, 6.45) is 2.32. The number of guanidine groups is 1. The number of aliphatic imine (C=N–C) groups is 1. The second-order valence-electron chi connectivity index (χ2n) is 5.78. The van der Waals surface area contributed by atoms with E-state index in [-0.39, 0.29) is 46.6 Å². The summed E-state index contributed by atoms with van der Waals surface area (Å²) in [4.78, 5) is 4.09. The van der Waals surface area contributed by atoms with Gasteiger partial charge in [0.1, 0.15) is 11.6 Å². The molecular weight excluding hydrogens is 466 g/mol. The van der Waals surface area contributed by atoms with Crippen molar-refractivity contribution in [1.29, 1.82) is 0 Å². The van der Waals surface area contributed by atoms with Crippen molar-refractivity contribution in [3.63, 3.8) is 0 Å². The van der Waals surface area contributed by atoms with E-state index in [2.05, 4.69) is 27.3 Å². The maximum Gasteiger partial charge on any atom is 0.387 e. The number of ether oxygens (including phenoxy) is 1.